The van der Waals surface area contributed by atoms with Crippen molar-refractivity contribution in [3.63, 3.8) is 0 Å². The Labute approximate surface area is 237 Å². The molecule has 1 heterocycles. The number of rotatable bonds is 8. The van der Waals surface area contributed by atoms with E-state index in [4.69, 9.17) is 24.7 Å². The van der Waals surface area contributed by atoms with Crippen molar-refractivity contribution in [2.75, 3.05) is 6.61 Å². The molecule has 1 aliphatic heterocycles. The number of ether oxygens (including phenoxy) is 4. The second kappa shape index (κ2) is 11.8. The summed E-state index contributed by atoms with van der Waals surface area (Å²) in [6.45, 7) is 3.71. The minimum atomic E-state index is -0.578. The number of fused-ring (bicyclic) bond motifs is 1. The first kappa shape index (κ1) is 27.3. The zero-order valence-corrected chi connectivity index (χ0v) is 22.5. The summed E-state index contributed by atoms with van der Waals surface area (Å²) in [5, 5.41) is 9.86. The van der Waals surface area contributed by atoms with Crippen molar-refractivity contribution in [2.45, 2.75) is 26.4 Å². The highest BCUT2D eigenvalue weighted by Crippen LogP contribution is 2.43. The van der Waals surface area contributed by atoms with Crippen molar-refractivity contribution >= 4 is 5.97 Å². The Bertz CT molecular complexity index is 1670. The van der Waals surface area contributed by atoms with Gasteiger partial charge in [-0.15, -0.1) is 0 Å². The maximum absolute atomic E-state index is 13.9. The summed E-state index contributed by atoms with van der Waals surface area (Å²) in [7, 11) is 0. The van der Waals surface area contributed by atoms with Gasteiger partial charge in [-0.1, -0.05) is 48.5 Å². The predicted octanol–water partition coefficient (Wildman–Crippen LogP) is 6.22. The van der Waals surface area contributed by atoms with E-state index in [1.54, 1.807) is 54.6 Å². The summed E-state index contributed by atoms with van der Waals surface area (Å²) in [6, 6.07) is 26.3. The molecule has 41 heavy (non-hydrogen) atoms. The third kappa shape index (κ3) is 5.99. The lowest BCUT2D eigenvalue weighted by molar-refractivity contribution is -0.136. The Balaban J connectivity index is 1.31. The van der Waals surface area contributed by atoms with Crippen LogP contribution in [0.3, 0.4) is 0 Å². The minimum absolute atomic E-state index is 0.0355. The van der Waals surface area contributed by atoms with Crippen molar-refractivity contribution in [1.29, 1.82) is 5.26 Å². The Kier molecular flexibility index (Phi) is 7.88. The van der Waals surface area contributed by atoms with E-state index in [9.17, 15) is 14.4 Å². The van der Waals surface area contributed by atoms with Crippen LogP contribution >= 0.6 is 0 Å². The van der Waals surface area contributed by atoms with E-state index in [2.05, 4.69) is 6.07 Å². The number of benzene rings is 4. The molecule has 0 saturated heterocycles. The molecule has 0 aliphatic carbocycles. The van der Waals surface area contributed by atoms with Crippen molar-refractivity contribution in [1.82, 2.24) is 0 Å². The van der Waals surface area contributed by atoms with Crippen LogP contribution in [0, 0.1) is 31.0 Å². The Morgan fingerprint density at radius 3 is 2.49 bits per heavy atom. The molecule has 0 bridgehead atoms. The van der Waals surface area contributed by atoms with Gasteiger partial charge in [0.2, 0.25) is 5.88 Å². The SMILES string of the molecule is Cc1cccc(OCC(=O)Oc2ccc3c(c2)OC(N)=C(C#N)C3c2ccc(OCc3ccccc3F)cc2)c1C. The summed E-state index contributed by atoms with van der Waals surface area (Å²) in [5.41, 5.74) is 10.3. The number of aryl methyl sites for hydroxylation is 1. The first-order valence-electron chi connectivity index (χ1n) is 12.9. The van der Waals surface area contributed by atoms with Crippen LogP contribution in [-0.4, -0.2) is 12.6 Å². The minimum Gasteiger partial charge on any atom is -0.489 e. The van der Waals surface area contributed by atoms with E-state index in [1.165, 1.54) is 6.07 Å². The summed E-state index contributed by atoms with van der Waals surface area (Å²) in [4.78, 5) is 12.5. The number of carbonyl (C=O) groups is 1. The van der Waals surface area contributed by atoms with Crippen LogP contribution in [0.4, 0.5) is 4.39 Å². The van der Waals surface area contributed by atoms with Crippen molar-refractivity contribution in [3.8, 4) is 29.1 Å². The number of nitriles is 1. The molecule has 8 heteroatoms. The van der Waals surface area contributed by atoms with Gasteiger partial charge in [0, 0.05) is 17.2 Å². The van der Waals surface area contributed by atoms with Crippen molar-refractivity contribution in [2.24, 2.45) is 5.73 Å². The molecule has 0 spiro atoms. The van der Waals surface area contributed by atoms with Gasteiger partial charge in [0.15, 0.2) is 6.61 Å². The molecule has 4 aromatic carbocycles. The Morgan fingerprint density at radius 1 is 0.976 bits per heavy atom. The molecule has 0 fully saturated rings. The molecule has 0 radical (unpaired) electrons. The second-order valence-electron chi connectivity index (χ2n) is 9.53. The molecule has 4 aromatic rings. The first-order chi connectivity index (χ1) is 19.8. The second-order valence-corrected chi connectivity index (χ2v) is 9.53. The normalized spacial score (nSPS) is 14.0. The highest BCUT2D eigenvalue weighted by Gasteiger charge is 2.31. The lowest BCUT2D eigenvalue weighted by atomic mass is 9.83. The van der Waals surface area contributed by atoms with Crippen LogP contribution in [0.2, 0.25) is 0 Å². The van der Waals surface area contributed by atoms with E-state index >= 15 is 0 Å². The number of esters is 1. The van der Waals surface area contributed by atoms with Crippen molar-refractivity contribution < 1.29 is 28.1 Å². The third-order valence-corrected chi connectivity index (χ3v) is 6.89. The van der Waals surface area contributed by atoms with Crippen LogP contribution in [0.5, 0.6) is 23.0 Å². The van der Waals surface area contributed by atoms with Gasteiger partial charge in [-0.2, -0.15) is 5.26 Å². The lowest BCUT2D eigenvalue weighted by Gasteiger charge is -2.26. The van der Waals surface area contributed by atoms with Gasteiger partial charge in [0.25, 0.3) is 0 Å². The van der Waals surface area contributed by atoms with Crippen LogP contribution in [-0.2, 0) is 11.4 Å². The molecule has 7 nitrogen and oxygen atoms in total. The van der Waals surface area contributed by atoms with Crippen LogP contribution < -0.4 is 24.7 Å². The Hall–Kier alpha value is -5.29. The highest BCUT2D eigenvalue weighted by molar-refractivity contribution is 5.74. The van der Waals surface area contributed by atoms with Gasteiger partial charge in [0.1, 0.15) is 47.1 Å². The van der Waals surface area contributed by atoms with E-state index in [1.807, 2.05) is 38.1 Å². The monoisotopic (exact) mass is 550 g/mol. The number of nitrogens with two attached hydrogens (primary N) is 1. The highest BCUT2D eigenvalue weighted by atomic mass is 19.1. The molecule has 1 atom stereocenters. The fraction of sp³-hybridized carbons (Fsp3) is 0.152. The largest absolute Gasteiger partial charge is 0.489 e. The average Bonchev–Trinajstić information content (AvgIpc) is 2.97. The van der Waals surface area contributed by atoms with Crippen LogP contribution in [0.25, 0.3) is 0 Å². The molecule has 0 saturated carbocycles. The van der Waals surface area contributed by atoms with E-state index in [0.29, 0.717) is 28.4 Å². The summed E-state index contributed by atoms with van der Waals surface area (Å²) in [5.74, 6) is 0.323. The topological polar surface area (TPSA) is 104 Å². The number of allylic oxidation sites excluding steroid dienone is 1. The molecule has 1 aliphatic rings. The smallest absolute Gasteiger partial charge is 0.349 e. The maximum Gasteiger partial charge on any atom is 0.349 e. The molecular formula is C33H27FN2O5. The van der Waals surface area contributed by atoms with Gasteiger partial charge in [0.05, 0.1) is 5.92 Å². The predicted molar refractivity (Wildman–Crippen MR) is 150 cm³/mol. The quantitative estimate of drug-likeness (QED) is 0.205. The number of halogens is 1. The van der Waals surface area contributed by atoms with Gasteiger partial charge in [-0.3, -0.25) is 0 Å². The van der Waals surface area contributed by atoms with E-state index < -0.39 is 11.9 Å². The zero-order chi connectivity index (χ0) is 28.9. The fourth-order valence-corrected chi connectivity index (χ4v) is 4.55. The number of hydrogen-bond acceptors (Lipinski definition) is 7. The van der Waals surface area contributed by atoms with Gasteiger partial charge < -0.3 is 24.7 Å². The lowest BCUT2D eigenvalue weighted by Crippen LogP contribution is -2.21. The van der Waals surface area contributed by atoms with Crippen LogP contribution in [0.1, 0.15) is 33.7 Å². The van der Waals surface area contributed by atoms with E-state index in [-0.39, 0.29) is 36.2 Å². The first-order valence-corrected chi connectivity index (χ1v) is 12.9. The standard InChI is InChI=1S/C33H27FN2O5/c1-20-6-5-9-29(21(20)2)39-19-31(37)40-25-14-15-26-30(16-25)41-33(36)27(17-35)32(26)22-10-12-24(13-11-22)38-18-23-7-3-4-8-28(23)34/h3-16,32H,18-19,36H2,1-2H3. The third-order valence-electron chi connectivity index (χ3n) is 6.89. The van der Waals surface area contributed by atoms with Gasteiger partial charge in [-0.05, 0) is 60.9 Å². The fourth-order valence-electron chi connectivity index (χ4n) is 4.55. The van der Waals surface area contributed by atoms with Gasteiger partial charge >= 0.3 is 5.97 Å². The zero-order valence-electron chi connectivity index (χ0n) is 22.5. The molecule has 2 N–H and O–H groups in total. The summed E-state index contributed by atoms with van der Waals surface area (Å²) < 4.78 is 36.5. The van der Waals surface area contributed by atoms with E-state index in [0.717, 1.165) is 16.7 Å². The van der Waals surface area contributed by atoms with Gasteiger partial charge in [-0.25, -0.2) is 9.18 Å². The summed E-state index contributed by atoms with van der Waals surface area (Å²) >= 11 is 0. The molecule has 1 unspecified atom stereocenters. The number of carbonyl (C=O) groups excluding carboxylic acids is 1. The molecule has 206 valence electrons. The molecule has 0 aromatic heterocycles. The maximum atomic E-state index is 13.9. The van der Waals surface area contributed by atoms with Crippen LogP contribution in [0.15, 0.2) is 96.4 Å². The Morgan fingerprint density at radius 2 is 1.73 bits per heavy atom. The average molecular weight is 551 g/mol. The van der Waals surface area contributed by atoms with Crippen molar-refractivity contribution in [3.05, 3.63) is 130 Å². The molecular weight excluding hydrogens is 523 g/mol. The molecule has 0 amide bonds. The number of nitrogens with zero attached hydrogens (tertiary/aromatic N) is 1. The number of hydrogen-bond donors (Lipinski definition) is 1. The molecule has 5 rings (SSSR count). The summed E-state index contributed by atoms with van der Waals surface area (Å²) in [6.07, 6.45) is 0.